The van der Waals surface area contributed by atoms with Gasteiger partial charge in [0, 0.05) is 11.0 Å². The molecule has 0 spiro atoms. The van der Waals surface area contributed by atoms with Crippen LogP contribution in [0.2, 0.25) is 0 Å². The Balaban J connectivity index is 0.00000121. The molecule has 1 rings (SSSR count). The van der Waals surface area contributed by atoms with Gasteiger partial charge >= 0.3 is 0 Å². The Kier molecular flexibility index (Phi) is 5.25. The molecule has 0 saturated heterocycles. The maximum atomic E-state index is 12.9. The summed E-state index contributed by atoms with van der Waals surface area (Å²) in [7, 11) is 0. The van der Waals surface area contributed by atoms with E-state index in [-0.39, 0.29) is 18.2 Å². The average molecular weight is 255 g/mol. The molecule has 0 aromatic heterocycles. The van der Waals surface area contributed by atoms with Crippen molar-refractivity contribution in [2.75, 3.05) is 11.9 Å². The molecule has 0 aliphatic heterocycles. The van der Waals surface area contributed by atoms with Crippen LogP contribution in [0.15, 0.2) is 22.7 Å². The third kappa shape index (κ3) is 2.99. The lowest BCUT2D eigenvalue weighted by molar-refractivity contribution is 0.629. The number of hydrogen-bond acceptors (Lipinski definition) is 1. The second-order valence-electron chi connectivity index (χ2n) is 2.15. The van der Waals surface area contributed by atoms with Crippen LogP contribution < -0.4 is 5.32 Å². The monoisotopic (exact) mass is 253 g/mol. The smallest absolute Gasteiger partial charge is 0.147 e. The molecule has 4 heteroatoms. The zero-order chi connectivity index (χ0) is 8.27. The summed E-state index contributed by atoms with van der Waals surface area (Å²) in [6, 6.07) is 4.96. The molecule has 1 aromatic rings. The van der Waals surface area contributed by atoms with Gasteiger partial charge in [-0.15, -0.1) is 12.4 Å². The first-order chi connectivity index (χ1) is 5.24. The van der Waals surface area contributed by atoms with Gasteiger partial charge in [0.15, 0.2) is 0 Å². The predicted octanol–water partition coefficient (Wildman–Crippen LogP) is 3.44. The van der Waals surface area contributed by atoms with E-state index in [0.717, 1.165) is 11.0 Å². The normalized spacial score (nSPS) is 8.92. The highest BCUT2D eigenvalue weighted by Crippen LogP contribution is 2.18. The lowest BCUT2D eigenvalue weighted by Crippen LogP contribution is -1.98. The molecule has 0 atom stereocenters. The van der Waals surface area contributed by atoms with Gasteiger partial charge in [0.05, 0.1) is 5.69 Å². The molecule has 0 fully saturated rings. The van der Waals surface area contributed by atoms with Gasteiger partial charge in [0.2, 0.25) is 0 Å². The Labute approximate surface area is 85.9 Å². The van der Waals surface area contributed by atoms with E-state index in [1.54, 1.807) is 12.1 Å². The quantitative estimate of drug-likeness (QED) is 0.852. The van der Waals surface area contributed by atoms with E-state index in [2.05, 4.69) is 21.2 Å². The summed E-state index contributed by atoms with van der Waals surface area (Å²) in [5, 5.41) is 2.91. The third-order valence-corrected chi connectivity index (χ3v) is 1.79. The zero-order valence-electron chi connectivity index (χ0n) is 6.60. The number of benzene rings is 1. The maximum Gasteiger partial charge on any atom is 0.147 e. The van der Waals surface area contributed by atoms with Gasteiger partial charge in [0.25, 0.3) is 0 Å². The molecule has 0 aliphatic rings. The molecule has 0 bridgehead atoms. The average Bonchev–Trinajstić information content (AvgIpc) is 1.95. The van der Waals surface area contributed by atoms with E-state index in [9.17, 15) is 4.39 Å². The highest BCUT2D eigenvalue weighted by Gasteiger charge is 1.99. The van der Waals surface area contributed by atoms with Gasteiger partial charge in [0.1, 0.15) is 5.82 Å². The van der Waals surface area contributed by atoms with Crippen molar-refractivity contribution in [3.05, 3.63) is 28.5 Å². The minimum atomic E-state index is -0.221. The summed E-state index contributed by atoms with van der Waals surface area (Å²) in [6.07, 6.45) is 0. The van der Waals surface area contributed by atoms with Crippen molar-refractivity contribution in [2.45, 2.75) is 6.92 Å². The first-order valence-corrected chi connectivity index (χ1v) is 4.22. The molecule has 1 aromatic carbocycles. The standard InChI is InChI=1S/C8H9BrFN.ClH/c1-2-11-8-4-3-6(9)5-7(8)10;/h3-5,11H,2H2,1H3;1H. The second kappa shape index (κ2) is 5.38. The number of halogens is 3. The molecule has 68 valence electrons. The Morgan fingerprint density at radius 1 is 1.50 bits per heavy atom. The third-order valence-electron chi connectivity index (χ3n) is 1.30. The number of nitrogens with one attached hydrogen (secondary N) is 1. The van der Waals surface area contributed by atoms with Crippen LogP contribution in [-0.2, 0) is 0 Å². The fourth-order valence-corrected chi connectivity index (χ4v) is 1.16. The zero-order valence-corrected chi connectivity index (χ0v) is 9.01. The van der Waals surface area contributed by atoms with Gasteiger partial charge in [-0.3, -0.25) is 0 Å². The topological polar surface area (TPSA) is 12.0 Å². The largest absolute Gasteiger partial charge is 0.383 e. The van der Waals surface area contributed by atoms with Gasteiger partial charge < -0.3 is 5.32 Å². The van der Waals surface area contributed by atoms with Crippen LogP contribution in [0.4, 0.5) is 10.1 Å². The van der Waals surface area contributed by atoms with Gasteiger partial charge in [-0.25, -0.2) is 4.39 Å². The van der Waals surface area contributed by atoms with Gasteiger partial charge in [-0.1, -0.05) is 15.9 Å². The van der Waals surface area contributed by atoms with Crippen LogP contribution >= 0.6 is 28.3 Å². The molecular weight excluding hydrogens is 244 g/mol. The SMILES string of the molecule is CCNc1ccc(Br)cc1F.Cl. The fraction of sp³-hybridized carbons (Fsp3) is 0.250. The van der Waals surface area contributed by atoms with E-state index in [1.807, 2.05) is 6.92 Å². The van der Waals surface area contributed by atoms with Crippen molar-refractivity contribution in [1.82, 2.24) is 0 Å². The van der Waals surface area contributed by atoms with Crippen LogP contribution in [-0.4, -0.2) is 6.54 Å². The van der Waals surface area contributed by atoms with Crippen LogP contribution in [0.25, 0.3) is 0 Å². The van der Waals surface area contributed by atoms with Crippen LogP contribution in [0.3, 0.4) is 0 Å². The van der Waals surface area contributed by atoms with Crippen LogP contribution in [0, 0.1) is 5.82 Å². The molecule has 0 amide bonds. The Morgan fingerprint density at radius 3 is 2.67 bits per heavy atom. The summed E-state index contributed by atoms with van der Waals surface area (Å²) in [5.41, 5.74) is 0.552. The lowest BCUT2D eigenvalue weighted by atomic mass is 10.3. The van der Waals surface area contributed by atoms with Crippen molar-refractivity contribution < 1.29 is 4.39 Å². The molecule has 1 nitrogen and oxygen atoms in total. The summed E-state index contributed by atoms with van der Waals surface area (Å²) < 4.78 is 13.7. The lowest BCUT2D eigenvalue weighted by Gasteiger charge is -2.03. The van der Waals surface area contributed by atoms with E-state index < -0.39 is 0 Å². The molecule has 12 heavy (non-hydrogen) atoms. The number of anilines is 1. The Bertz CT molecular complexity index is 255. The molecule has 0 saturated carbocycles. The van der Waals surface area contributed by atoms with E-state index in [0.29, 0.717) is 5.69 Å². The fourth-order valence-electron chi connectivity index (χ4n) is 0.823. The minimum Gasteiger partial charge on any atom is -0.383 e. The van der Waals surface area contributed by atoms with E-state index in [1.165, 1.54) is 6.07 Å². The maximum absolute atomic E-state index is 12.9. The number of rotatable bonds is 2. The van der Waals surface area contributed by atoms with E-state index >= 15 is 0 Å². The molecular formula is C8H10BrClFN. The second-order valence-corrected chi connectivity index (χ2v) is 3.07. The van der Waals surface area contributed by atoms with Crippen molar-refractivity contribution in [3.8, 4) is 0 Å². The van der Waals surface area contributed by atoms with Gasteiger partial charge in [-0.2, -0.15) is 0 Å². The summed E-state index contributed by atoms with van der Waals surface area (Å²) in [4.78, 5) is 0. The molecule has 1 N–H and O–H groups in total. The number of hydrogen-bond donors (Lipinski definition) is 1. The summed E-state index contributed by atoms with van der Waals surface area (Å²) in [6.45, 7) is 2.67. The molecule has 0 aliphatic carbocycles. The first-order valence-electron chi connectivity index (χ1n) is 3.43. The van der Waals surface area contributed by atoms with Crippen molar-refractivity contribution in [2.24, 2.45) is 0 Å². The summed E-state index contributed by atoms with van der Waals surface area (Å²) in [5.74, 6) is -0.221. The van der Waals surface area contributed by atoms with Crippen LogP contribution in [0.1, 0.15) is 6.92 Å². The first kappa shape index (κ1) is 11.7. The van der Waals surface area contributed by atoms with E-state index in [4.69, 9.17) is 0 Å². The molecule has 0 unspecified atom stereocenters. The Morgan fingerprint density at radius 2 is 2.17 bits per heavy atom. The van der Waals surface area contributed by atoms with Crippen molar-refractivity contribution in [3.63, 3.8) is 0 Å². The summed E-state index contributed by atoms with van der Waals surface area (Å²) >= 11 is 3.18. The Hall–Kier alpha value is -0.280. The minimum absolute atomic E-state index is 0. The van der Waals surface area contributed by atoms with Gasteiger partial charge in [-0.05, 0) is 25.1 Å². The van der Waals surface area contributed by atoms with Crippen LogP contribution in [0.5, 0.6) is 0 Å². The van der Waals surface area contributed by atoms with Crippen molar-refractivity contribution in [1.29, 1.82) is 0 Å². The predicted molar refractivity (Wildman–Crippen MR) is 55.5 cm³/mol. The van der Waals surface area contributed by atoms with Crippen molar-refractivity contribution >= 4 is 34.0 Å². The highest BCUT2D eigenvalue weighted by molar-refractivity contribution is 9.10. The molecule has 0 radical (unpaired) electrons. The molecule has 0 heterocycles. The highest BCUT2D eigenvalue weighted by atomic mass is 79.9.